The second-order valence-corrected chi connectivity index (χ2v) is 4.33. The van der Waals surface area contributed by atoms with Crippen LogP contribution >= 0.6 is 0 Å². The van der Waals surface area contributed by atoms with E-state index in [9.17, 15) is 18.0 Å². The summed E-state index contributed by atoms with van der Waals surface area (Å²) in [5.74, 6) is -1.82. The third-order valence-electron chi connectivity index (χ3n) is 2.66. The van der Waals surface area contributed by atoms with Crippen molar-refractivity contribution in [3.63, 3.8) is 0 Å². The normalized spacial score (nSPS) is 11.4. The molecule has 0 fully saturated rings. The molecule has 0 spiro atoms. The Morgan fingerprint density at radius 2 is 1.95 bits per heavy atom. The molecule has 0 heterocycles. The molecule has 7 heteroatoms. The van der Waals surface area contributed by atoms with E-state index in [0.29, 0.717) is 12.7 Å². The van der Waals surface area contributed by atoms with Gasteiger partial charge in [0.2, 0.25) is 0 Å². The monoisotopic (exact) mass is 306 g/mol. The van der Waals surface area contributed by atoms with Gasteiger partial charge in [0.1, 0.15) is 12.4 Å². The fourth-order valence-corrected chi connectivity index (χ4v) is 1.57. The third kappa shape index (κ3) is 5.63. The Bertz CT molecular complexity index is 472. The topological polar surface area (TPSA) is 55.8 Å². The van der Waals surface area contributed by atoms with Crippen molar-refractivity contribution >= 4 is 5.97 Å². The molecular formula is C14H17F3O4. The third-order valence-corrected chi connectivity index (χ3v) is 2.66. The summed E-state index contributed by atoms with van der Waals surface area (Å²) < 4.78 is 48.8. The molecule has 0 aliphatic heterocycles. The van der Waals surface area contributed by atoms with Gasteiger partial charge >= 0.3 is 12.1 Å². The quantitative estimate of drug-likeness (QED) is 0.746. The number of alkyl halides is 3. The summed E-state index contributed by atoms with van der Waals surface area (Å²) in [7, 11) is 0. The molecule has 0 amide bonds. The fraction of sp³-hybridized carbons (Fsp3) is 0.500. The summed E-state index contributed by atoms with van der Waals surface area (Å²) in [6, 6.07) is 2.65. The van der Waals surface area contributed by atoms with Crippen LogP contribution in [0.1, 0.15) is 35.7 Å². The van der Waals surface area contributed by atoms with E-state index in [1.807, 2.05) is 6.92 Å². The van der Waals surface area contributed by atoms with Gasteiger partial charge in [0.25, 0.3) is 0 Å². The number of halogens is 3. The number of carbonyl (C=O) groups is 1. The molecule has 21 heavy (non-hydrogen) atoms. The van der Waals surface area contributed by atoms with Crippen LogP contribution in [0.4, 0.5) is 13.2 Å². The number of carboxylic acid groups (broad SMARTS) is 1. The van der Waals surface area contributed by atoms with Gasteiger partial charge in [0.05, 0.1) is 17.7 Å². The first-order valence-corrected chi connectivity index (χ1v) is 6.51. The fourth-order valence-electron chi connectivity index (χ4n) is 1.57. The minimum absolute atomic E-state index is 0.0286. The zero-order valence-electron chi connectivity index (χ0n) is 11.6. The Balaban J connectivity index is 2.70. The summed E-state index contributed by atoms with van der Waals surface area (Å²) in [6.07, 6.45) is -2.83. The van der Waals surface area contributed by atoms with Crippen LogP contribution in [0.25, 0.3) is 0 Å². The molecule has 1 rings (SSSR count). The second kappa shape index (κ2) is 7.87. The minimum atomic E-state index is -4.68. The van der Waals surface area contributed by atoms with Crippen LogP contribution in [0.3, 0.4) is 0 Å². The number of ether oxygens (including phenoxy) is 2. The first-order chi connectivity index (χ1) is 9.86. The van der Waals surface area contributed by atoms with Gasteiger partial charge in [-0.15, -0.1) is 0 Å². The zero-order chi connectivity index (χ0) is 15.9. The predicted octanol–water partition coefficient (Wildman–Crippen LogP) is 3.60. The minimum Gasteiger partial charge on any atom is -0.491 e. The smallest absolute Gasteiger partial charge is 0.419 e. The summed E-state index contributed by atoms with van der Waals surface area (Å²) in [5.41, 5.74) is -1.54. The lowest BCUT2D eigenvalue weighted by Gasteiger charge is -2.14. The largest absolute Gasteiger partial charge is 0.491 e. The summed E-state index contributed by atoms with van der Waals surface area (Å²) in [4.78, 5) is 10.7. The van der Waals surface area contributed by atoms with Crippen molar-refractivity contribution in [2.75, 3.05) is 19.8 Å². The van der Waals surface area contributed by atoms with Crippen molar-refractivity contribution in [1.82, 2.24) is 0 Å². The maximum atomic E-state index is 12.9. The highest BCUT2D eigenvalue weighted by Crippen LogP contribution is 2.36. The van der Waals surface area contributed by atoms with E-state index in [1.54, 1.807) is 0 Å². The molecule has 0 radical (unpaired) electrons. The lowest BCUT2D eigenvalue weighted by atomic mass is 10.1. The molecule has 0 unspecified atom stereocenters. The van der Waals surface area contributed by atoms with Crippen LogP contribution in [-0.2, 0) is 10.9 Å². The van der Waals surface area contributed by atoms with Crippen LogP contribution < -0.4 is 4.74 Å². The number of rotatable bonds is 8. The van der Waals surface area contributed by atoms with Crippen LogP contribution in [0.2, 0.25) is 0 Å². The maximum absolute atomic E-state index is 12.9. The molecule has 0 aliphatic carbocycles. The predicted molar refractivity (Wildman–Crippen MR) is 69.6 cm³/mol. The van der Waals surface area contributed by atoms with E-state index in [0.717, 1.165) is 25.0 Å². The van der Waals surface area contributed by atoms with Gasteiger partial charge in [0.15, 0.2) is 0 Å². The SMILES string of the molecule is CCCCOCCOc1ccc(C(=O)O)cc1C(F)(F)F. The number of carboxylic acids is 1. The van der Waals surface area contributed by atoms with E-state index in [2.05, 4.69) is 0 Å². The number of aromatic carboxylic acids is 1. The average molecular weight is 306 g/mol. The molecule has 0 saturated heterocycles. The van der Waals surface area contributed by atoms with E-state index in [1.165, 1.54) is 0 Å². The van der Waals surface area contributed by atoms with Crippen molar-refractivity contribution in [2.24, 2.45) is 0 Å². The van der Waals surface area contributed by atoms with Crippen LogP contribution in [0.5, 0.6) is 5.75 Å². The summed E-state index contributed by atoms with van der Waals surface area (Å²) in [6.45, 7) is 2.68. The molecule has 0 atom stereocenters. The van der Waals surface area contributed by atoms with Gasteiger partial charge in [-0.05, 0) is 24.6 Å². The zero-order valence-corrected chi connectivity index (χ0v) is 11.6. The Morgan fingerprint density at radius 3 is 2.52 bits per heavy atom. The van der Waals surface area contributed by atoms with Gasteiger partial charge in [-0.25, -0.2) is 4.79 Å². The van der Waals surface area contributed by atoms with Crippen molar-refractivity contribution in [3.05, 3.63) is 29.3 Å². The molecule has 1 aromatic rings. The number of hydrogen-bond donors (Lipinski definition) is 1. The summed E-state index contributed by atoms with van der Waals surface area (Å²) in [5, 5.41) is 8.73. The van der Waals surface area contributed by atoms with Crippen molar-refractivity contribution in [1.29, 1.82) is 0 Å². The Kier molecular flexibility index (Phi) is 6.48. The highest BCUT2D eigenvalue weighted by molar-refractivity contribution is 5.88. The number of hydrogen-bond acceptors (Lipinski definition) is 3. The van der Waals surface area contributed by atoms with Crippen molar-refractivity contribution in [2.45, 2.75) is 25.9 Å². The van der Waals surface area contributed by atoms with Gasteiger partial charge < -0.3 is 14.6 Å². The van der Waals surface area contributed by atoms with Gasteiger partial charge in [-0.3, -0.25) is 0 Å². The number of unbranched alkanes of at least 4 members (excludes halogenated alkanes) is 1. The standard InChI is InChI=1S/C14H17F3O4/c1-2-3-6-20-7-8-21-12-5-4-10(13(18)19)9-11(12)14(15,16)17/h4-5,9H,2-3,6-8H2,1H3,(H,18,19). The van der Waals surface area contributed by atoms with Crippen LogP contribution in [0, 0.1) is 0 Å². The first kappa shape index (κ1) is 17.3. The van der Waals surface area contributed by atoms with Gasteiger partial charge in [-0.1, -0.05) is 13.3 Å². The lowest BCUT2D eigenvalue weighted by Crippen LogP contribution is -2.13. The molecule has 0 saturated carbocycles. The highest BCUT2D eigenvalue weighted by Gasteiger charge is 2.35. The Hall–Kier alpha value is -1.76. The molecule has 118 valence electrons. The van der Waals surface area contributed by atoms with Crippen LogP contribution in [-0.4, -0.2) is 30.9 Å². The highest BCUT2D eigenvalue weighted by atomic mass is 19.4. The van der Waals surface area contributed by atoms with Crippen LogP contribution in [0.15, 0.2) is 18.2 Å². The Morgan fingerprint density at radius 1 is 1.24 bits per heavy atom. The van der Waals surface area contributed by atoms with E-state index >= 15 is 0 Å². The molecule has 0 bridgehead atoms. The van der Waals surface area contributed by atoms with Crippen molar-refractivity contribution in [3.8, 4) is 5.75 Å². The molecule has 4 nitrogen and oxygen atoms in total. The molecule has 0 aromatic heterocycles. The summed E-state index contributed by atoms with van der Waals surface area (Å²) >= 11 is 0. The molecular weight excluding hydrogens is 289 g/mol. The molecule has 0 aliphatic rings. The molecule has 1 N–H and O–H groups in total. The van der Waals surface area contributed by atoms with Gasteiger partial charge in [0, 0.05) is 6.61 Å². The van der Waals surface area contributed by atoms with Gasteiger partial charge in [-0.2, -0.15) is 13.2 Å². The van der Waals surface area contributed by atoms with E-state index < -0.39 is 29.0 Å². The van der Waals surface area contributed by atoms with Crippen molar-refractivity contribution < 1.29 is 32.5 Å². The number of benzene rings is 1. The first-order valence-electron chi connectivity index (χ1n) is 6.51. The lowest BCUT2D eigenvalue weighted by molar-refractivity contribution is -0.139. The van der Waals surface area contributed by atoms with E-state index in [4.69, 9.17) is 14.6 Å². The average Bonchev–Trinajstić information content (AvgIpc) is 2.41. The second-order valence-electron chi connectivity index (χ2n) is 4.33. The Labute approximate surface area is 120 Å². The molecule has 1 aromatic carbocycles. The van der Waals surface area contributed by atoms with E-state index in [-0.39, 0.29) is 13.2 Å². The maximum Gasteiger partial charge on any atom is 0.419 e.